The number of rotatable bonds is 5. The molecule has 0 spiro atoms. The minimum absolute atomic E-state index is 0.0377. The van der Waals surface area contributed by atoms with Gasteiger partial charge in [0.2, 0.25) is 0 Å². The SMILES string of the molecule is COP(=O)(OC)C(=C=Cc1ccccc1)C(C)C. The summed E-state index contributed by atoms with van der Waals surface area (Å²) in [5.41, 5.74) is 4.05. The highest BCUT2D eigenvalue weighted by molar-refractivity contribution is 7.58. The third-order valence-electron chi connectivity index (χ3n) is 2.51. The summed E-state index contributed by atoms with van der Waals surface area (Å²) in [5.74, 6) is 0.0377. The summed E-state index contributed by atoms with van der Waals surface area (Å²) in [6.07, 6.45) is 1.79. The fourth-order valence-corrected chi connectivity index (χ4v) is 2.94. The normalized spacial score (nSPS) is 11.2. The Bertz CT molecular complexity index is 477. The van der Waals surface area contributed by atoms with Crippen molar-refractivity contribution in [1.82, 2.24) is 0 Å². The first kappa shape index (κ1) is 14.9. The van der Waals surface area contributed by atoms with Crippen LogP contribution in [-0.4, -0.2) is 14.2 Å². The predicted molar refractivity (Wildman–Crippen MR) is 74.4 cm³/mol. The molecular weight excluding hydrogens is 247 g/mol. The van der Waals surface area contributed by atoms with E-state index in [9.17, 15) is 4.57 Å². The predicted octanol–water partition coefficient (Wildman–Crippen LogP) is 4.32. The van der Waals surface area contributed by atoms with Gasteiger partial charge in [0.25, 0.3) is 0 Å². The molecule has 0 unspecified atom stereocenters. The third-order valence-corrected chi connectivity index (χ3v) is 4.71. The van der Waals surface area contributed by atoms with Crippen molar-refractivity contribution >= 4 is 13.7 Å². The molecule has 0 aliphatic carbocycles. The third kappa shape index (κ3) is 3.69. The quantitative estimate of drug-likeness (QED) is 0.588. The zero-order valence-corrected chi connectivity index (χ0v) is 12.1. The Kier molecular flexibility index (Phi) is 5.58. The summed E-state index contributed by atoms with van der Waals surface area (Å²) in [6.45, 7) is 3.87. The first-order valence-electron chi connectivity index (χ1n) is 5.77. The number of hydrogen-bond acceptors (Lipinski definition) is 3. The van der Waals surface area contributed by atoms with Crippen LogP contribution in [0.3, 0.4) is 0 Å². The summed E-state index contributed by atoms with van der Waals surface area (Å²) in [4.78, 5) is 0. The molecule has 0 bridgehead atoms. The molecule has 0 radical (unpaired) electrons. The van der Waals surface area contributed by atoms with E-state index in [1.54, 1.807) is 6.08 Å². The van der Waals surface area contributed by atoms with E-state index in [-0.39, 0.29) is 5.92 Å². The molecule has 0 heterocycles. The van der Waals surface area contributed by atoms with Gasteiger partial charge in [-0.25, -0.2) is 0 Å². The summed E-state index contributed by atoms with van der Waals surface area (Å²) in [6, 6.07) is 9.73. The Labute approximate surface area is 109 Å². The standard InChI is InChI=1S/C14H19O3P/c1-12(2)14(18(15,16-3)17-4)11-10-13-8-6-5-7-9-13/h5-10,12H,1-4H3. The first-order chi connectivity index (χ1) is 8.53. The summed E-state index contributed by atoms with van der Waals surface area (Å²) in [5, 5.41) is 0.552. The van der Waals surface area contributed by atoms with Gasteiger partial charge in [0, 0.05) is 14.2 Å². The van der Waals surface area contributed by atoms with Gasteiger partial charge in [-0.3, -0.25) is 4.57 Å². The molecule has 0 saturated carbocycles. The van der Waals surface area contributed by atoms with Gasteiger partial charge in [0.15, 0.2) is 0 Å². The van der Waals surface area contributed by atoms with Crippen LogP contribution in [-0.2, 0) is 13.6 Å². The molecule has 0 saturated heterocycles. The Morgan fingerprint density at radius 1 is 1.22 bits per heavy atom. The minimum Gasteiger partial charge on any atom is -0.308 e. The van der Waals surface area contributed by atoms with Gasteiger partial charge in [0.05, 0.1) is 5.31 Å². The maximum Gasteiger partial charge on any atom is 0.364 e. The zero-order valence-electron chi connectivity index (χ0n) is 11.2. The van der Waals surface area contributed by atoms with Gasteiger partial charge >= 0.3 is 7.60 Å². The average molecular weight is 266 g/mol. The Morgan fingerprint density at radius 3 is 2.22 bits per heavy atom. The molecule has 1 aromatic carbocycles. The lowest BCUT2D eigenvalue weighted by molar-refractivity contribution is 0.280. The van der Waals surface area contributed by atoms with E-state index in [1.165, 1.54) is 14.2 Å². The van der Waals surface area contributed by atoms with Crippen molar-refractivity contribution in [3.63, 3.8) is 0 Å². The highest BCUT2D eigenvalue weighted by Gasteiger charge is 2.29. The van der Waals surface area contributed by atoms with Crippen LogP contribution in [0, 0.1) is 5.92 Å². The molecule has 1 aromatic rings. The summed E-state index contributed by atoms with van der Waals surface area (Å²) in [7, 11) is -0.439. The van der Waals surface area contributed by atoms with Gasteiger partial charge in [-0.15, -0.1) is 5.73 Å². The van der Waals surface area contributed by atoms with Gasteiger partial charge in [0.1, 0.15) is 0 Å². The minimum atomic E-state index is -3.21. The van der Waals surface area contributed by atoms with E-state index >= 15 is 0 Å². The molecule has 18 heavy (non-hydrogen) atoms. The summed E-state index contributed by atoms with van der Waals surface area (Å²) >= 11 is 0. The second-order valence-electron chi connectivity index (χ2n) is 4.10. The van der Waals surface area contributed by atoms with E-state index in [0.29, 0.717) is 5.31 Å². The van der Waals surface area contributed by atoms with E-state index in [1.807, 2.05) is 44.2 Å². The van der Waals surface area contributed by atoms with Crippen LogP contribution in [0.2, 0.25) is 0 Å². The molecule has 98 valence electrons. The highest BCUT2D eigenvalue weighted by atomic mass is 31.2. The van der Waals surface area contributed by atoms with Crippen molar-refractivity contribution in [2.75, 3.05) is 14.2 Å². The van der Waals surface area contributed by atoms with Gasteiger partial charge in [-0.2, -0.15) is 0 Å². The lowest BCUT2D eigenvalue weighted by Crippen LogP contribution is -1.98. The van der Waals surface area contributed by atoms with Gasteiger partial charge in [-0.1, -0.05) is 44.2 Å². The second kappa shape index (κ2) is 6.72. The Balaban J connectivity index is 3.22. The first-order valence-corrected chi connectivity index (χ1v) is 7.31. The van der Waals surface area contributed by atoms with Crippen LogP contribution in [0.5, 0.6) is 0 Å². The molecular formula is C14H19O3P. The zero-order chi connectivity index (χ0) is 13.6. The topological polar surface area (TPSA) is 35.5 Å². The van der Waals surface area contributed by atoms with Crippen molar-refractivity contribution in [2.45, 2.75) is 13.8 Å². The van der Waals surface area contributed by atoms with Crippen molar-refractivity contribution in [3.8, 4) is 0 Å². The Morgan fingerprint density at radius 2 is 1.78 bits per heavy atom. The van der Waals surface area contributed by atoms with Crippen LogP contribution < -0.4 is 0 Å². The fourth-order valence-electron chi connectivity index (χ4n) is 1.54. The molecule has 0 N–H and O–H groups in total. The number of benzene rings is 1. The van der Waals surface area contributed by atoms with Crippen molar-refractivity contribution in [1.29, 1.82) is 0 Å². The van der Waals surface area contributed by atoms with Crippen LogP contribution in [0.4, 0.5) is 0 Å². The molecule has 0 aliphatic rings. The maximum absolute atomic E-state index is 12.3. The van der Waals surface area contributed by atoms with Gasteiger partial charge in [-0.05, 0) is 17.6 Å². The van der Waals surface area contributed by atoms with Crippen LogP contribution in [0.1, 0.15) is 19.4 Å². The van der Waals surface area contributed by atoms with E-state index in [4.69, 9.17) is 9.05 Å². The largest absolute Gasteiger partial charge is 0.364 e. The number of hydrogen-bond donors (Lipinski definition) is 0. The molecule has 0 amide bonds. The molecule has 3 nitrogen and oxygen atoms in total. The van der Waals surface area contributed by atoms with Crippen LogP contribution >= 0.6 is 7.60 Å². The maximum atomic E-state index is 12.3. The smallest absolute Gasteiger partial charge is 0.308 e. The summed E-state index contributed by atoms with van der Waals surface area (Å²) < 4.78 is 22.4. The van der Waals surface area contributed by atoms with Crippen LogP contribution in [0.15, 0.2) is 41.4 Å². The van der Waals surface area contributed by atoms with E-state index < -0.39 is 7.60 Å². The van der Waals surface area contributed by atoms with Gasteiger partial charge < -0.3 is 9.05 Å². The van der Waals surface area contributed by atoms with E-state index in [2.05, 4.69) is 5.73 Å². The van der Waals surface area contributed by atoms with Crippen molar-refractivity contribution in [3.05, 3.63) is 46.9 Å². The van der Waals surface area contributed by atoms with Crippen molar-refractivity contribution < 1.29 is 13.6 Å². The fraction of sp³-hybridized carbons (Fsp3) is 0.357. The van der Waals surface area contributed by atoms with Crippen molar-refractivity contribution in [2.24, 2.45) is 5.92 Å². The monoisotopic (exact) mass is 266 g/mol. The second-order valence-corrected chi connectivity index (χ2v) is 6.31. The lowest BCUT2D eigenvalue weighted by atomic mass is 10.2. The molecule has 0 fully saturated rings. The average Bonchev–Trinajstić information content (AvgIpc) is 2.39. The molecule has 0 aliphatic heterocycles. The molecule has 1 rings (SSSR count). The molecule has 4 heteroatoms. The lowest BCUT2D eigenvalue weighted by Gasteiger charge is -2.17. The molecule has 0 atom stereocenters. The molecule has 0 aromatic heterocycles. The van der Waals surface area contributed by atoms with Crippen LogP contribution in [0.25, 0.3) is 6.08 Å². The van der Waals surface area contributed by atoms with E-state index in [0.717, 1.165) is 5.56 Å². The Hall–Kier alpha value is -1.11. The number of allylic oxidation sites excluding steroid dienone is 1. The highest BCUT2D eigenvalue weighted by Crippen LogP contribution is 2.56.